The average Bonchev–Trinajstić information content (AvgIpc) is 3.97. The molecule has 6 aromatic rings. The van der Waals surface area contributed by atoms with Crippen LogP contribution in [0, 0.1) is 5.92 Å². The molecule has 0 unspecified atom stereocenters. The van der Waals surface area contributed by atoms with Crippen molar-refractivity contribution in [2.24, 2.45) is 5.92 Å². The first-order valence-electron chi connectivity index (χ1n) is 18.9. The van der Waals surface area contributed by atoms with Crippen LogP contribution in [0.1, 0.15) is 77.0 Å². The molecule has 2 saturated carbocycles. The number of aryl methyl sites for hydroxylation is 1. The first kappa shape index (κ1) is 47.0. The second-order valence-electron chi connectivity index (χ2n) is 13.6. The zero-order chi connectivity index (χ0) is 34.1. The predicted molar refractivity (Wildman–Crippen MR) is 204 cm³/mol. The molecule has 0 radical (unpaired) electrons. The monoisotopic (exact) mass is 914 g/mol. The van der Waals surface area contributed by atoms with Gasteiger partial charge in [0.15, 0.2) is 37.2 Å². The first-order valence-corrected chi connectivity index (χ1v) is 18.9. The first-order chi connectivity index (χ1) is 24.8. The third-order valence-electron chi connectivity index (χ3n) is 10.0. The quantitative estimate of drug-likeness (QED) is 0.0930. The molecule has 2 aromatic carbocycles. The molecule has 286 valence electrons. The summed E-state index contributed by atoms with van der Waals surface area (Å²) in [6, 6.07) is 37.8. The number of pyridine rings is 4. The maximum atomic E-state index is 4.03. The van der Waals surface area contributed by atoms with Crippen LogP contribution in [0.15, 0.2) is 159 Å². The fourth-order valence-corrected chi connectivity index (χ4v) is 7.04. The van der Waals surface area contributed by atoms with Crippen molar-refractivity contribution in [3.05, 3.63) is 159 Å². The Labute approximate surface area is 363 Å². The van der Waals surface area contributed by atoms with Gasteiger partial charge in [0, 0.05) is 96.5 Å². The summed E-state index contributed by atoms with van der Waals surface area (Å²) < 4.78 is 6.58. The normalized spacial score (nSPS) is 12.9. The summed E-state index contributed by atoms with van der Waals surface area (Å²) in [7, 11) is 0. The third kappa shape index (κ3) is 15.2. The Morgan fingerprint density at radius 3 is 1.28 bits per heavy atom. The van der Waals surface area contributed by atoms with Crippen LogP contribution in [0.2, 0.25) is 0 Å². The van der Waals surface area contributed by atoms with E-state index in [-0.39, 0.29) is 65.9 Å². The molecular weight excluding hydrogens is 862 g/mol. The SMILES string of the molecule is C1CCCC1.[Cl-].[Cl-].[Fe].[I-].c1ccc(-[n+]2ccc(-c3cc[n+](CCCCC4CCCC4)cc3)cc2)cc1.c1ccc(-[n+]2ccc(-c3ccncc3)cc2)cc1. The number of aromatic nitrogens is 4. The predicted octanol–water partition coefficient (Wildman–Crippen LogP) is 1.26. The van der Waals surface area contributed by atoms with Crippen molar-refractivity contribution in [3.63, 3.8) is 0 Å². The summed E-state index contributed by atoms with van der Waals surface area (Å²) in [4.78, 5) is 4.03. The molecule has 0 saturated heterocycles. The molecule has 2 aliphatic rings. The van der Waals surface area contributed by atoms with Gasteiger partial charge in [-0.2, -0.15) is 9.13 Å². The summed E-state index contributed by atoms with van der Waals surface area (Å²) >= 11 is 0. The van der Waals surface area contributed by atoms with E-state index in [4.69, 9.17) is 0 Å². The van der Waals surface area contributed by atoms with Gasteiger partial charge in [0.2, 0.25) is 11.4 Å². The summed E-state index contributed by atoms with van der Waals surface area (Å²) in [5.74, 6) is 1.02. The summed E-state index contributed by atoms with van der Waals surface area (Å²) in [5, 5.41) is 0. The molecule has 2 fully saturated rings. The number of hydrogen-bond donors (Lipinski definition) is 0. The topological polar surface area (TPSA) is 24.5 Å². The second-order valence-corrected chi connectivity index (χ2v) is 13.6. The van der Waals surface area contributed by atoms with Crippen molar-refractivity contribution in [1.29, 1.82) is 0 Å². The third-order valence-corrected chi connectivity index (χ3v) is 10.0. The van der Waals surface area contributed by atoms with Gasteiger partial charge in [0.05, 0.1) is 0 Å². The van der Waals surface area contributed by atoms with Gasteiger partial charge in [-0.1, -0.05) is 101 Å². The molecule has 0 atom stereocenters. The maximum absolute atomic E-state index is 4.03. The van der Waals surface area contributed by atoms with Crippen molar-refractivity contribution in [2.75, 3.05) is 0 Å². The van der Waals surface area contributed by atoms with Crippen LogP contribution >= 0.6 is 0 Å². The Kier molecular flexibility index (Phi) is 23.2. The number of unbranched alkanes of at least 4 members (excludes halogenated alkanes) is 1. The minimum absolute atomic E-state index is 0. The molecule has 8 rings (SSSR count). The number of halogens is 3. The van der Waals surface area contributed by atoms with E-state index in [0.29, 0.717) is 0 Å². The number of nitrogens with zero attached hydrogens (tertiary/aromatic N) is 4. The molecular formula is C46H53Cl2FeIN4. The van der Waals surface area contributed by atoms with Crippen LogP contribution in [0.3, 0.4) is 0 Å². The van der Waals surface area contributed by atoms with E-state index in [9.17, 15) is 0 Å². The van der Waals surface area contributed by atoms with Crippen LogP contribution in [-0.4, -0.2) is 4.98 Å². The fraction of sp³-hybridized carbons (Fsp3) is 0.304. The van der Waals surface area contributed by atoms with E-state index < -0.39 is 0 Å². The molecule has 0 bridgehead atoms. The molecule has 4 heterocycles. The van der Waals surface area contributed by atoms with Gasteiger partial charge in [-0.25, -0.2) is 4.57 Å². The van der Waals surface area contributed by atoms with Crippen molar-refractivity contribution in [2.45, 2.75) is 83.6 Å². The van der Waals surface area contributed by atoms with E-state index >= 15 is 0 Å². The summed E-state index contributed by atoms with van der Waals surface area (Å²) in [6.45, 7) is 1.13. The molecule has 0 spiro atoms. The average molecular weight is 916 g/mol. The molecule has 4 aromatic heterocycles. The minimum Gasteiger partial charge on any atom is -1.00 e. The van der Waals surface area contributed by atoms with Crippen LogP contribution in [0.5, 0.6) is 0 Å². The molecule has 8 heteroatoms. The Bertz CT molecular complexity index is 1740. The zero-order valence-electron chi connectivity index (χ0n) is 31.1. The number of rotatable bonds is 9. The van der Waals surface area contributed by atoms with Crippen LogP contribution in [0.4, 0.5) is 0 Å². The minimum atomic E-state index is 0. The second kappa shape index (κ2) is 26.6. The van der Waals surface area contributed by atoms with Crippen molar-refractivity contribution in [3.8, 4) is 33.6 Å². The molecule has 4 nitrogen and oxygen atoms in total. The number of hydrogen-bond acceptors (Lipinski definition) is 1. The Morgan fingerprint density at radius 1 is 0.463 bits per heavy atom. The standard InChI is InChI=1S/C25H30N2.C16H13N2.C5H10.2ClH.Fe.HI/c1-2-11-25(12-3-1)27-20-15-24(16-21-27)23-13-18-26(19-14-23)17-7-6-10-22-8-4-5-9-22;1-2-4-16(5-3-1)18-12-8-15(9-13-18)14-6-10-17-11-7-14;1-2-4-5-3-1;;;;/h1-3,11-16,18-22H,4-10,17H2;1-13H;1-5H2;2*1H;;1H/q+2;+1;;;;;/p-3. The molecule has 2 aliphatic carbocycles. The van der Waals surface area contributed by atoms with Crippen molar-refractivity contribution < 1.29 is 79.6 Å². The summed E-state index contributed by atoms with van der Waals surface area (Å²) in [6.07, 6.45) is 34.0. The maximum Gasteiger partial charge on any atom is 0.210 e. The fourth-order valence-electron chi connectivity index (χ4n) is 7.04. The van der Waals surface area contributed by atoms with Crippen LogP contribution in [0.25, 0.3) is 33.6 Å². The van der Waals surface area contributed by atoms with E-state index in [2.05, 4.69) is 129 Å². The summed E-state index contributed by atoms with van der Waals surface area (Å²) in [5.41, 5.74) is 7.27. The number of para-hydroxylation sites is 2. The van der Waals surface area contributed by atoms with Gasteiger partial charge >= 0.3 is 0 Å². The van der Waals surface area contributed by atoms with E-state index in [1.165, 1.54) is 111 Å². The Hall–Kier alpha value is -3.13. The zero-order valence-corrected chi connectivity index (χ0v) is 35.8. The van der Waals surface area contributed by atoms with Gasteiger partial charge < -0.3 is 48.8 Å². The van der Waals surface area contributed by atoms with E-state index in [1.54, 1.807) is 0 Å². The molecule has 0 amide bonds. The Balaban J connectivity index is 0.000000324. The smallest absolute Gasteiger partial charge is 0.210 e. The van der Waals surface area contributed by atoms with Gasteiger partial charge in [-0.05, 0) is 46.7 Å². The van der Waals surface area contributed by atoms with Crippen LogP contribution < -0.4 is 62.5 Å². The largest absolute Gasteiger partial charge is 1.00 e. The molecule has 0 N–H and O–H groups in total. The van der Waals surface area contributed by atoms with E-state index in [1.807, 2.05) is 48.8 Å². The Morgan fingerprint density at radius 2 is 0.852 bits per heavy atom. The molecule has 0 aliphatic heterocycles. The van der Waals surface area contributed by atoms with Gasteiger partial charge in [0.25, 0.3) is 0 Å². The van der Waals surface area contributed by atoms with Gasteiger partial charge in [-0.3, -0.25) is 4.98 Å². The van der Waals surface area contributed by atoms with Crippen molar-refractivity contribution in [1.82, 2.24) is 4.98 Å². The number of benzene rings is 2. The van der Waals surface area contributed by atoms with Gasteiger partial charge in [0.1, 0.15) is 6.54 Å². The van der Waals surface area contributed by atoms with Crippen molar-refractivity contribution >= 4 is 0 Å². The van der Waals surface area contributed by atoms with E-state index in [0.717, 1.165) is 12.5 Å². The van der Waals surface area contributed by atoms with Crippen LogP contribution in [-0.2, 0) is 23.6 Å². The van der Waals surface area contributed by atoms with Gasteiger partial charge in [-0.15, -0.1) is 0 Å². The molecule has 54 heavy (non-hydrogen) atoms.